The van der Waals surface area contributed by atoms with Crippen molar-refractivity contribution in [3.05, 3.63) is 23.4 Å². The highest BCUT2D eigenvalue weighted by molar-refractivity contribution is 9.08. The Morgan fingerprint density at radius 1 is 1.60 bits per heavy atom. The van der Waals surface area contributed by atoms with Crippen LogP contribution in [0.2, 0.25) is 0 Å². The lowest BCUT2D eigenvalue weighted by atomic mass is 10.2. The number of aromatic nitrogens is 1. The highest BCUT2D eigenvalue weighted by atomic mass is 79.9. The van der Waals surface area contributed by atoms with Gasteiger partial charge in [-0.1, -0.05) is 22.0 Å². The number of anilines is 1. The summed E-state index contributed by atoms with van der Waals surface area (Å²) in [5, 5.41) is 0.770. The van der Waals surface area contributed by atoms with Crippen LogP contribution in [0.4, 0.5) is 5.82 Å². The van der Waals surface area contributed by atoms with Gasteiger partial charge in [0.15, 0.2) is 0 Å². The number of nitrogens with zero attached hydrogens (tertiary/aromatic N) is 1. The zero-order valence-electron chi connectivity index (χ0n) is 5.76. The lowest BCUT2D eigenvalue weighted by Crippen LogP contribution is -1.96. The van der Waals surface area contributed by atoms with Crippen LogP contribution < -0.4 is 5.73 Å². The molecule has 1 heterocycles. The first kappa shape index (κ1) is 7.54. The van der Waals surface area contributed by atoms with E-state index in [1.165, 1.54) is 0 Å². The molecule has 0 fully saturated rings. The zero-order chi connectivity index (χ0) is 7.56. The number of alkyl halides is 1. The molecule has 3 heteroatoms. The zero-order valence-corrected chi connectivity index (χ0v) is 7.35. The Morgan fingerprint density at radius 3 is 2.80 bits per heavy atom. The van der Waals surface area contributed by atoms with Crippen LogP contribution in [-0.4, -0.2) is 4.98 Å². The minimum absolute atomic E-state index is 0.622. The first-order chi connectivity index (χ1) is 4.74. The maximum absolute atomic E-state index is 5.59. The summed E-state index contributed by atoms with van der Waals surface area (Å²) in [5.74, 6) is 0.622. The third kappa shape index (κ3) is 1.48. The van der Waals surface area contributed by atoms with Crippen LogP contribution >= 0.6 is 15.9 Å². The Labute approximate surface area is 68.6 Å². The van der Waals surface area contributed by atoms with Gasteiger partial charge >= 0.3 is 0 Å². The second-order valence-corrected chi connectivity index (χ2v) is 2.69. The molecule has 0 aliphatic rings. The Bertz CT molecular complexity index is 235. The van der Waals surface area contributed by atoms with Gasteiger partial charge in [-0.15, -0.1) is 0 Å². The molecule has 2 nitrogen and oxygen atoms in total. The average molecular weight is 201 g/mol. The van der Waals surface area contributed by atoms with Crippen molar-refractivity contribution in [3.63, 3.8) is 0 Å². The fourth-order valence-corrected chi connectivity index (χ4v) is 1.19. The van der Waals surface area contributed by atoms with E-state index < -0.39 is 0 Å². The van der Waals surface area contributed by atoms with Crippen molar-refractivity contribution in [2.45, 2.75) is 12.3 Å². The quantitative estimate of drug-likeness (QED) is 0.704. The minimum atomic E-state index is 0.622. The Hall–Kier alpha value is -0.570. The van der Waals surface area contributed by atoms with Crippen LogP contribution in [0.1, 0.15) is 11.3 Å². The number of nitrogens with two attached hydrogens (primary N) is 1. The number of aryl methyl sites for hydroxylation is 1. The van der Waals surface area contributed by atoms with Crippen molar-refractivity contribution in [1.82, 2.24) is 4.98 Å². The molecule has 1 aromatic rings. The number of hydrogen-bond acceptors (Lipinski definition) is 2. The molecule has 0 saturated heterocycles. The molecule has 0 aromatic carbocycles. The molecule has 1 aromatic heterocycles. The summed E-state index contributed by atoms with van der Waals surface area (Å²) in [6.45, 7) is 1.92. The number of rotatable bonds is 1. The molecule has 0 radical (unpaired) electrons. The summed E-state index contributed by atoms with van der Waals surface area (Å²) in [5.41, 5.74) is 7.60. The van der Waals surface area contributed by atoms with Crippen molar-refractivity contribution in [3.8, 4) is 0 Å². The van der Waals surface area contributed by atoms with Crippen molar-refractivity contribution < 1.29 is 0 Å². The van der Waals surface area contributed by atoms with Crippen molar-refractivity contribution in [2.24, 2.45) is 0 Å². The van der Waals surface area contributed by atoms with E-state index in [1.807, 2.05) is 19.1 Å². The van der Waals surface area contributed by atoms with E-state index in [4.69, 9.17) is 5.73 Å². The smallest absolute Gasteiger partial charge is 0.127 e. The average Bonchev–Trinajstić information content (AvgIpc) is 1.88. The van der Waals surface area contributed by atoms with Gasteiger partial charge in [-0.2, -0.15) is 0 Å². The normalized spacial score (nSPS) is 9.80. The molecule has 0 saturated carbocycles. The number of hydrogen-bond donors (Lipinski definition) is 1. The molecule has 0 unspecified atom stereocenters. The molecular formula is C7H9BrN2. The third-order valence-electron chi connectivity index (χ3n) is 1.30. The van der Waals surface area contributed by atoms with Crippen molar-refractivity contribution in [2.75, 3.05) is 5.73 Å². The molecule has 0 aliphatic carbocycles. The topological polar surface area (TPSA) is 38.9 Å². The predicted molar refractivity (Wildman–Crippen MR) is 46.0 cm³/mol. The van der Waals surface area contributed by atoms with E-state index in [-0.39, 0.29) is 0 Å². The van der Waals surface area contributed by atoms with Gasteiger partial charge < -0.3 is 5.73 Å². The molecule has 0 amide bonds. The van der Waals surface area contributed by atoms with Crippen LogP contribution in [0.5, 0.6) is 0 Å². The Morgan fingerprint density at radius 2 is 2.30 bits per heavy atom. The van der Waals surface area contributed by atoms with Crippen molar-refractivity contribution >= 4 is 21.7 Å². The first-order valence-corrected chi connectivity index (χ1v) is 4.14. The second-order valence-electron chi connectivity index (χ2n) is 2.13. The van der Waals surface area contributed by atoms with Crippen molar-refractivity contribution in [1.29, 1.82) is 0 Å². The summed E-state index contributed by atoms with van der Waals surface area (Å²) in [6, 6.07) is 3.93. The SMILES string of the molecule is Cc1ccc(CBr)c(N)n1. The molecular weight excluding hydrogens is 192 g/mol. The van der Waals surface area contributed by atoms with Crippen LogP contribution in [0.15, 0.2) is 12.1 Å². The molecule has 0 aliphatic heterocycles. The van der Waals surface area contributed by atoms with Gasteiger partial charge in [-0.3, -0.25) is 0 Å². The van der Waals surface area contributed by atoms with Gasteiger partial charge in [0.1, 0.15) is 5.82 Å². The number of nitrogen functional groups attached to an aromatic ring is 1. The summed E-state index contributed by atoms with van der Waals surface area (Å²) < 4.78 is 0. The van der Waals surface area contributed by atoms with Gasteiger partial charge in [0.05, 0.1) is 0 Å². The largest absolute Gasteiger partial charge is 0.383 e. The van der Waals surface area contributed by atoms with Crippen LogP contribution in [0, 0.1) is 6.92 Å². The first-order valence-electron chi connectivity index (χ1n) is 3.02. The molecule has 0 atom stereocenters. The van der Waals surface area contributed by atoms with E-state index in [9.17, 15) is 0 Å². The maximum atomic E-state index is 5.59. The molecule has 1 rings (SSSR count). The third-order valence-corrected chi connectivity index (χ3v) is 1.90. The Kier molecular flexibility index (Phi) is 2.27. The van der Waals surface area contributed by atoms with E-state index >= 15 is 0 Å². The minimum Gasteiger partial charge on any atom is -0.383 e. The standard InChI is InChI=1S/C7H9BrN2/c1-5-2-3-6(4-8)7(9)10-5/h2-3H,4H2,1H3,(H2,9,10). The summed E-state index contributed by atoms with van der Waals surface area (Å²) in [4.78, 5) is 4.09. The molecule has 0 spiro atoms. The van der Waals surface area contributed by atoms with Gasteiger partial charge in [0, 0.05) is 16.6 Å². The maximum Gasteiger partial charge on any atom is 0.127 e. The summed E-state index contributed by atoms with van der Waals surface area (Å²) >= 11 is 3.31. The number of halogens is 1. The highest BCUT2D eigenvalue weighted by Crippen LogP contribution is 2.12. The van der Waals surface area contributed by atoms with E-state index in [0.29, 0.717) is 5.82 Å². The summed E-state index contributed by atoms with van der Waals surface area (Å²) in [6.07, 6.45) is 0. The van der Waals surface area contributed by atoms with Gasteiger partial charge in [0.2, 0.25) is 0 Å². The van der Waals surface area contributed by atoms with Gasteiger partial charge in [-0.05, 0) is 13.0 Å². The molecule has 10 heavy (non-hydrogen) atoms. The van der Waals surface area contributed by atoms with Gasteiger partial charge in [-0.25, -0.2) is 4.98 Å². The molecule has 2 N–H and O–H groups in total. The Balaban J connectivity index is 3.07. The molecule has 54 valence electrons. The second kappa shape index (κ2) is 3.01. The van der Waals surface area contributed by atoms with E-state index in [2.05, 4.69) is 20.9 Å². The summed E-state index contributed by atoms with van der Waals surface area (Å²) in [7, 11) is 0. The van der Waals surface area contributed by atoms with Crippen LogP contribution in [0.25, 0.3) is 0 Å². The highest BCUT2D eigenvalue weighted by Gasteiger charge is 1.96. The number of pyridine rings is 1. The monoisotopic (exact) mass is 200 g/mol. The lowest BCUT2D eigenvalue weighted by Gasteiger charge is -2.00. The van der Waals surface area contributed by atoms with E-state index in [0.717, 1.165) is 16.6 Å². The van der Waals surface area contributed by atoms with Crippen LogP contribution in [0.3, 0.4) is 0 Å². The molecule has 0 bridgehead atoms. The van der Waals surface area contributed by atoms with E-state index in [1.54, 1.807) is 0 Å². The fourth-order valence-electron chi connectivity index (χ4n) is 0.719. The van der Waals surface area contributed by atoms with Gasteiger partial charge in [0.25, 0.3) is 0 Å². The lowest BCUT2D eigenvalue weighted by molar-refractivity contribution is 1.18. The van der Waals surface area contributed by atoms with Crippen LogP contribution in [-0.2, 0) is 5.33 Å². The fraction of sp³-hybridized carbons (Fsp3) is 0.286. The predicted octanol–water partition coefficient (Wildman–Crippen LogP) is 1.87.